The highest BCUT2D eigenvalue weighted by Crippen LogP contribution is 2.30. The van der Waals surface area contributed by atoms with Crippen molar-refractivity contribution < 1.29 is 5.11 Å². The summed E-state index contributed by atoms with van der Waals surface area (Å²) >= 11 is 0. The van der Waals surface area contributed by atoms with Crippen LogP contribution >= 0.6 is 0 Å². The van der Waals surface area contributed by atoms with Crippen LogP contribution in [0.25, 0.3) is 0 Å². The molecule has 1 atom stereocenters. The molecule has 94 valence electrons. The second-order valence-corrected chi connectivity index (χ2v) is 5.18. The minimum Gasteiger partial charge on any atom is -0.370 e. The van der Waals surface area contributed by atoms with Crippen LogP contribution in [0.2, 0.25) is 0 Å². The molecule has 1 fully saturated rings. The van der Waals surface area contributed by atoms with Gasteiger partial charge in [0.15, 0.2) is 5.72 Å². The Bertz CT molecular complexity index is 331. The Morgan fingerprint density at radius 3 is 2.71 bits per heavy atom. The summed E-state index contributed by atoms with van der Waals surface area (Å²) in [6, 6.07) is 5.49. The Hall–Kier alpha value is -0.930. The molecular weight excluding hydrogens is 212 g/mol. The van der Waals surface area contributed by atoms with Gasteiger partial charge in [0.1, 0.15) is 0 Å². The molecule has 0 bridgehead atoms. The van der Waals surface area contributed by atoms with Crippen LogP contribution < -0.4 is 5.73 Å². The predicted molar refractivity (Wildman–Crippen MR) is 68.1 cm³/mol. The molecule has 0 amide bonds. The Balaban J connectivity index is 1.88. The number of pyridine rings is 1. The number of aliphatic hydroxyl groups is 1. The summed E-state index contributed by atoms with van der Waals surface area (Å²) in [5.74, 6) is 0.738. The second-order valence-electron chi connectivity index (χ2n) is 5.18. The van der Waals surface area contributed by atoms with E-state index in [1.807, 2.05) is 12.1 Å². The summed E-state index contributed by atoms with van der Waals surface area (Å²) in [6.45, 7) is 0. The predicted octanol–water partition coefficient (Wildman–Crippen LogP) is 2.55. The molecule has 3 heteroatoms. The lowest BCUT2D eigenvalue weighted by Crippen LogP contribution is -2.37. The van der Waals surface area contributed by atoms with Crippen molar-refractivity contribution >= 4 is 0 Å². The Morgan fingerprint density at radius 2 is 2.06 bits per heavy atom. The van der Waals surface area contributed by atoms with E-state index in [1.165, 1.54) is 32.1 Å². The first-order valence-corrected chi connectivity index (χ1v) is 6.61. The molecule has 3 N–H and O–H groups in total. The highest BCUT2D eigenvalue weighted by molar-refractivity contribution is 5.10. The topological polar surface area (TPSA) is 59.1 Å². The van der Waals surface area contributed by atoms with Gasteiger partial charge < -0.3 is 5.11 Å². The first kappa shape index (κ1) is 12.5. The number of aromatic nitrogens is 1. The van der Waals surface area contributed by atoms with E-state index in [4.69, 9.17) is 5.73 Å². The average Bonchev–Trinajstić information content (AvgIpc) is 2.39. The maximum Gasteiger partial charge on any atom is 0.156 e. The molecule has 1 heterocycles. The average molecular weight is 234 g/mol. The fourth-order valence-electron chi connectivity index (χ4n) is 2.65. The van der Waals surface area contributed by atoms with E-state index in [0.29, 0.717) is 12.1 Å². The summed E-state index contributed by atoms with van der Waals surface area (Å²) in [6.07, 6.45) is 9.89. The zero-order valence-corrected chi connectivity index (χ0v) is 10.3. The highest BCUT2D eigenvalue weighted by Gasteiger charge is 2.26. The molecule has 0 aromatic carbocycles. The lowest BCUT2D eigenvalue weighted by Gasteiger charge is -2.27. The summed E-state index contributed by atoms with van der Waals surface area (Å²) < 4.78 is 0. The second kappa shape index (κ2) is 5.61. The van der Waals surface area contributed by atoms with Gasteiger partial charge in [0, 0.05) is 6.20 Å². The van der Waals surface area contributed by atoms with E-state index in [0.717, 1.165) is 12.3 Å². The molecule has 0 unspecified atom stereocenters. The van der Waals surface area contributed by atoms with Gasteiger partial charge in [0.25, 0.3) is 0 Å². The van der Waals surface area contributed by atoms with Gasteiger partial charge in [-0.1, -0.05) is 38.2 Å². The molecular formula is C14H22N2O. The van der Waals surface area contributed by atoms with Crippen molar-refractivity contribution in [1.82, 2.24) is 4.98 Å². The standard InChI is InChI=1S/C14H22N2O/c15-14(17,13-8-4-5-11-16-13)10-9-12-6-2-1-3-7-12/h4-5,8,11-12,17H,1-3,6-7,9-10,15H2/t14-/m0/s1. The molecule has 1 aliphatic carbocycles. The maximum absolute atomic E-state index is 10.2. The van der Waals surface area contributed by atoms with E-state index in [-0.39, 0.29) is 0 Å². The van der Waals surface area contributed by atoms with Crippen LogP contribution in [0.15, 0.2) is 24.4 Å². The van der Waals surface area contributed by atoms with Crippen LogP contribution in [0.5, 0.6) is 0 Å². The molecule has 1 aromatic heterocycles. The largest absolute Gasteiger partial charge is 0.370 e. The minimum atomic E-state index is -1.27. The van der Waals surface area contributed by atoms with Crippen molar-refractivity contribution in [2.24, 2.45) is 11.7 Å². The van der Waals surface area contributed by atoms with E-state index >= 15 is 0 Å². The van der Waals surface area contributed by atoms with Gasteiger partial charge in [-0.05, 0) is 30.9 Å². The number of nitrogens with zero attached hydrogens (tertiary/aromatic N) is 1. The Labute approximate surface area is 103 Å². The molecule has 17 heavy (non-hydrogen) atoms. The van der Waals surface area contributed by atoms with Crippen LogP contribution in [0.4, 0.5) is 0 Å². The summed E-state index contributed by atoms with van der Waals surface area (Å²) in [7, 11) is 0. The fraction of sp³-hybridized carbons (Fsp3) is 0.643. The van der Waals surface area contributed by atoms with Crippen LogP contribution in [0.1, 0.15) is 50.6 Å². The zero-order valence-electron chi connectivity index (χ0n) is 10.3. The number of rotatable bonds is 4. The molecule has 0 aliphatic heterocycles. The smallest absolute Gasteiger partial charge is 0.156 e. The van der Waals surface area contributed by atoms with Crippen LogP contribution in [0, 0.1) is 5.92 Å². The van der Waals surface area contributed by atoms with Gasteiger partial charge >= 0.3 is 0 Å². The summed E-state index contributed by atoms with van der Waals surface area (Å²) in [5, 5.41) is 10.2. The van der Waals surface area contributed by atoms with Gasteiger partial charge in [0.05, 0.1) is 5.69 Å². The fourth-order valence-corrected chi connectivity index (χ4v) is 2.65. The van der Waals surface area contributed by atoms with Gasteiger partial charge in [-0.15, -0.1) is 0 Å². The molecule has 2 rings (SSSR count). The van der Waals surface area contributed by atoms with Gasteiger partial charge in [-0.2, -0.15) is 0 Å². The van der Waals surface area contributed by atoms with E-state index in [2.05, 4.69) is 4.98 Å². The van der Waals surface area contributed by atoms with Crippen molar-refractivity contribution in [2.75, 3.05) is 0 Å². The lowest BCUT2D eigenvalue weighted by molar-refractivity contribution is 0.0215. The van der Waals surface area contributed by atoms with Crippen molar-refractivity contribution in [1.29, 1.82) is 0 Å². The number of hydrogen-bond donors (Lipinski definition) is 2. The molecule has 0 saturated heterocycles. The third-order valence-electron chi connectivity index (χ3n) is 3.77. The molecule has 1 saturated carbocycles. The Morgan fingerprint density at radius 1 is 1.29 bits per heavy atom. The highest BCUT2D eigenvalue weighted by atomic mass is 16.3. The van der Waals surface area contributed by atoms with Crippen LogP contribution in [-0.4, -0.2) is 10.1 Å². The van der Waals surface area contributed by atoms with E-state index in [9.17, 15) is 5.11 Å². The summed E-state index contributed by atoms with van der Waals surface area (Å²) in [4.78, 5) is 4.14. The van der Waals surface area contributed by atoms with Crippen LogP contribution in [-0.2, 0) is 5.72 Å². The third kappa shape index (κ3) is 3.51. The molecule has 1 aliphatic rings. The molecule has 0 spiro atoms. The molecule has 3 nitrogen and oxygen atoms in total. The normalized spacial score (nSPS) is 21.1. The van der Waals surface area contributed by atoms with Gasteiger partial charge in [-0.25, -0.2) is 0 Å². The van der Waals surface area contributed by atoms with Gasteiger partial charge in [-0.3, -0.25) is 10.7 Å². The molecule has 0 radical (unpaired) electrons. The number of nitrogens with two attached hydrogens (primary N) is 1. The zero-order chi connectivity index (χ0) is 12.1. The van der Waals surface area contributed by atoms with Gasteiger partial charge in [0.2, 0.25) is 0 Å². The lowest BCUT2D eigenvalue weighted by atomic mass is 9.84. The van der Waals surface area contributed by atoms with Crippen molar-refractivity contribution in [3.8, 4) is 0 Å². The minimum absolute atomic E-state index is 0.579. The Kier molecular flexibility index (Phi) is 4.13. The first-order valence-electron chi connectivity index (χ1n) is 6.61. The quantitative estimate of drug-likeness (QED) is 0.787. The van der Waals surface area contributed by atoms with Crippen molar-refractivity contribution in [3.05, 3.63) is 30.1 Å². The third-order valence-corrected chi connectivity index (χ3v) is 3.77. The van der Waals surface area contributed by atoms with E-state index < -0.39 is 5.72 Å². The maximum atomic E-state index is 10.2. The number of hydrogen-bond acceptors (Lipinski definition) is 3. The summed E-state index contributed by atoms with van der Waals surface area (Å²) in [5.41, 5.74) is 5.26. The SMILES string of the molecule is N[C@](O)(CCC1CCCCC1)c1ccccn1. The van der Waals surface area contributed by atoms with Crippen molar-refractivity contribution in [3.63, 3.8) is 0 Å². The van der Waals surface area contributed by atoms with Crippen molar-refractivity contribution in [2.45, 2.75) is 50.7 Å². The first-order chi connectivity index (χ1) is 8.18. The van der Waals surface area contributed by atoms with E-state index in [1.54, 1.807) is 12.3 Å². The monoisotopic (exact) mass is 234 g/mol. The van der Waals surface area contributed by atoms with Crippen LogP contribution in [0.3, 0.4) is 0 Å². The molecule has 1 aromatic rings.